The fourth-order valence-corrected chi connectivity index (χ4v) is 4.11. The second kappa shape index (κ2) is 9.22. The molecule has 0 N–H and O–H groups in total. The first-order valence-corrected chi connectivity index (χ1v) is 10.9. The SMILES string of the molecule is Cc1ccc2cc(OCCC3CCN(C(=O)OCc4nccs4)CC3)ccc2n1. The van der Waals surface area contributed by atoms with E-state index in [0.717, 1.165) is 59.7 Å². The molecule has 1 aliphatic heterocycles. The van der Waals surface area contributed by atoms with Gasteiger partial charge in [0.25, 0.3) is 0 Å². The van der Waals surface area contributed by atoms with Crippen molar-refractivity contribution in [3.05, 3.63) is 52.6 Å². The summed E-state index contributed by atoms with van der Waals surface area (Å²) in [4.78, 5) is 22.6. The quantitative estimate of drug-likeness (QED) is 0.582. The monoisotopic (exact) mass is 411 g/mol. The largest absolute Gasteiger partial charge is 0.494 e. The van der Waals surface area contributed by atoms with E-state index in [1.165, 1.54) is 11.3 Å². The normalized spacial score (nSPS) is 14.9. The third-order valence-electron chi connectivity index (χ3n) is 5.27. The molecular formula is C22H25N3O3S. The maximum absolute atomic E-state index is 12.2. The van der Waals surface area contributed by atoms with Crippen molar-refractivity contribution in [3.8, 4) is 5.75 Å². The molecule has 0 atom stereocenters. The number of rotatable bonds is 6. The number of thiazole rings is 1. The number of benzene rings is 1. The summed E-state index contributed by atoms with van der Waals surface area (Å²) in [7, 11) is 0. The summed E-state index contributed by atoms with van der Waals surface area (Å²) in [5.74, 6) is 1.45. The van der Waals surface area contributed by atoms with Crippen molar-refractivity contribution in [2.75, 3.05) is 19.7 Å². The highest BCUT2D eigenvalue weighted by atomic mass is 32.1. The zero-order valence-corrected chi connectivity index (χ0v) is 17.4. The van der Waals surface area contributed by atoms with E-state index in [2.05, 4.69) is 16.0 Å². The van der Waals surface area contributed by atoms with Crippen molar-refractivity contribution in [1.82, 2.24) is 14.9 Å². The molecule has 0 radical (unpaired) electrons. The van der Waals surface area contributed by atoms with Crippen molar-refractivity contribution < 1.29 is 14.3 Å². The molecule has 152 valence electrons. The van der Waals surface area contributed by atoms with Gasteiger partial charge >= 0.3 is 6.09 Å². The van der Waals surface area contributed by atoms with E-state index in [4.69, 9.17) is 9.47 Å². The molecular weight excluding hydrogens is 386 g/mol. The summed E-state index contributed by atoms with van der Waals surface area (Å²) in [5.41, 5.74) is 2.01. The molecule has 3 heterocycles. The minimum absolute atomic E-state index is 0.241. The highest BCUT2D eigenvalue weighted by Gasteiger charge is 2.23. The van der Waals surface area contributed by atoms with Crippen LogP contribution >= 0.6 is 11.3 Å². The smallest absolute Gasteiger partial charge is 0.410 e. The maximum Gasteiger partial charge on any atom is 0.410 e. The first-order chi connectivity index (χ1) is 14.2. The Balaban J connectivity index is 1.18. The van der Waals surface area contributed by atoms with Gasteiger partial charge in [0.2, 0.25) is 0 Å². The number of pyridine rings is 1. The van der Waals surface area contributed by atoms with E-state index in [1.54, 1.807) is 11.1 Å². The van der Waals surface area contributed by atoms with E-state index in [9.17, 15) is 4.79 Å². The lowest BCUT2D eigenvalue weighted by molar-refractivity contribution is 0.0799. The third kappa shape index (κ3) is 5.23. The number of nitrogens with zero attached hydrogens (tertiary/aromatic N) is 3. The summed E-state index contributed by atoms with van der Waals surface area (Å²) >= 11 is 1.50. The molecule has 1 saturated heterocycles. The molecule has 2 aromatic heterocycles. The molecule has 0 spiro atoms. The fourth-order valence-electron chi connectivity index (χ4n) is 3.58. The van der Waals surface area contributed by atoms with Crippen LogP contribution in [-0.2, 0) is 11.3 Å². The summed E-state index contributed by atoms with van der Waals surface area (Å²) < 4.78 is 11.3. The van der Waals surface area contributed by atoms with E-state index < -0.39 is 0 Å². The Bertz CT molecular complexity index is 953. The van der Waals surface area contributed by atoms with Crippen molar-refractivity contribution >= 4 is 28.3 Å². The average Bonchev–Trinajstić information content (AvgIpc) is 3.26. The number of hydrogen-bond acceptors (Lipinski definition) is 6. The minimum Gasteiger partial charge on any atom is -0.494 e. The lowest BCUT2D eigenvalue weighted by atomic mass is 9.94. The average molecular weight is 412 g/mol. The second-order valence-electron chi connectivity index (χ2n) is 7.36. The molecule has 1 fully saturated rings. The van der Waals surface area contributed by atoms with Gasteiger partial charge in [0, 0.05) is 35.7 Å². The van der Waals surface area contributed by atoms with Gasteiger partial charge in [-0.05, 0) is 56.4 Å². The molecule has 0 bridgehead atoms. The third-order valence-corrected chi connectivity index (χ3v) is 6.02. The Morgan fingerprint density at radius 2 is 2.10 bits per heavy atom. The number of ether oxygens (including phenoxy) is 2. The van der Waals surface area contributed by atoms with Crippen LogP contribution in [0.3, 0.4) is 0 Å². The van der Waals surface area contributed by atoms with Gasteiger partial charge in [0.05, 0.1) is 12.1 Å². The fraction of sp³-hybridized carbons (Fsp3) is 0.409. The van der Waals surface area contributed by atoms with Gasteiger partial charge in [-0.2, -0.15) is 0 Å². The molecule has 1 aliphatic rings. The summed E-state index contributed by atoms with van der Waals surface area (Å²) in [5, 5.41) is 3.80. The van der Waals surface area contributed by atoms with Crippen LogP contribution in [0.4, 0.5) is 4.79 Å². The van der Waals surface area contributed by atoms with E-state index in [0.29, 0.717) is 12.5 Å². The zero-order chi connectivity index (χ0) is 20.1. The van der Waals surface area contributed by atoms with Crippen LogP contribution in [-0.4, -0.2) is 40.7 Å². The number of aryl methyl sites for hydroxylation is 1. The molecule has 0 unspecified atom stereocenters. The summed E-state index contributed by atoms with van der Waals surface area (Å²) in [6.45, 7) is 4.41. The number of likely N-dealkylation sites (tertiary alicyclic amines) is 1. The summed E-state index contributed by atoms with van der Waals surface area (Å²) in [6.07, 6.45) is 4.44. The molecule has 3 aromatic rings. The van der Waals surface area contributed by atoms with E-state index >= 15 is 0 Å². The molecule has 0 saturated carbocycles. The van der Waals surface area contributed by atoms with Crippen LogP contribution in [0.1, 0.15) is 30.0 Å². The van der Waals surface area contributed by atoms with Gasteiger partial charge in [0.15, 0.2) is 0 Å². The van der Waals surface area contributed by atoms with Crippen LogP contribution in [0.15, 0.2) is 41.9 Å². The van der Waals surface area contributed by atoms with Crippen molar-refractivity contribution in [3.63, 3.8) is 0 Å². The van der Waals surface area contributed by atoms with Gasteiger partial charge in [-0.1, -0.05) is 6.07 Å². The Hall–Kier alpha value is -2.67. The Morgan fingerprint density at radius 3 is 2.90 bits per heavy atom. The Kier molecular flexibility index (Phi) is 6.24. The molecule has 0 aliphatic carbocycles. The Labute approximate surface area is 174 Å². The van der Waals surface area contributed by atoms with E-state index in [1.807, 2.05) is 36.6 Å². The molecule has 1 amide bonds. The number of hydrogen-bond donors (Lipinski definition) is 0. The lowest BCUT2D eigenvalue weighted by Crippen LogP contribution is -2.39. The number of carbonyl (C=O) groups excluding carboxylic acids is 1. The van der Waals surface area contributed by atoms with Gasteiger partial charge in [-0.3, -0.25) is 4.98 Å². The molecule has 1 aromatic carbocycles. The lowest BCUT2D eigenvalue weighted by Gasteiger charge is -2.31. The molecule has 4 rings (SSSR count). The van der Waals surface area contributed by atoms with Crippen LogP contribution in [0, 0.1) is 12.8 Å². The molecule has 7 heteroatoms. The highest BCUT2D eigenvalue weighted by Crippen LogP contribution is 2.23. The van der Waals surface area contributed by atoms with Crippen LogP contribution in [0.5, 0.6) is 5.75 Å². The number of piperidine rings is 1. The van der Waals surface area contributed by atoms with Crippen LogP contribution in [0.2, 0.25) is 0 Å². The van der Waals surface area contributed by atoms with Gasteiger partial charge in [-0.15, -0.1) is 11.3 Å². The minimum atomic E-state index is -0.241. The van der Waals surface area contributed by atoms with Crippen LogP contribution in [0.25, 0.3) is 10.9 Å². The number of amides is 1. The van der Waals surface area contributed by atoms with Gasteiger partial charge < -0.3 is 14.4 Å². The predicted molar refractivity (Wildman–Crippen MR) is 113 cm³/mol. The standard InChI is InChI=1S/C22H25N3O3S/c1-16-2-3-18-14-19(4-5-20(18)24-16)27-12-8-17-6-10-25(11-7-17)22(26)28-15-21-23-9-13-29-21/h2-5,9,13-14,17H,6-8,10-12,15H2,1H3. The molecule has 6 nitrogen and oxygen atoms in total. The predicted octanol–water partition coefficient (Wildman–Crippen LogP) is 4.82. The highest BCUT2D eigenvalue weighted by molar-refractivity contribution is 7.09. The van der Waals surface area contributed by atoms with Crippen molar-refractivity contribution in [2.45, 2.75) is 32.8 Å². The number of carbonyl (C=O) groups is 1. The second-order valence-corrected chi connectivity index (χ2v) is 8.33. The first kappa shape index (κ1) is 19.6. The van der Waals surface area contributed by atoms with Gasteiger partial charge in [0.1, 0.15) is 17.4 Å². The van der Waals surface area contributed by atoms with Crippen molar-refractivity contribution in [2.24, 2.45) is 5.92 Å². The molecule has 29 heavy (non-hydrogen) atoms. The topological polar surface area (TPSA) is 64.5 Å². The summed E-state index contributed by atoms with van der Waals surface area (Å²) in [6, 6.07) is 10.1. The number of aromatic nitrogens is 2. The first-order valence-electron chi connectivity index (χ1n) is 9.97. The maximum atomic E-state index is 12.2. The van der Waals surface area contributed by atoms with Crippen LogP contribution < -0.4 is 4.74 Å². The van der Waals surface area contributed by atoms with E-state index in [-0.39, 0.29) is 12.7 Å². The number of fused-ring (bicyclic) bond motifs is 1. The van der Waals surface area contributed by atoms with Gasteiger partial charge in [-0.25, -0.2) is 9.78 Å². The van der Waals surface area contributed by atoms with Crippen molar-refractivity contribution in [1.29, 1.82) is 0 Å². The zero-order valence-electron chi connectivity index (χ0n) is 16.5. The Morgan fingerprint density at radius 1 is 1.24 bits per heavy atom.